The first kappa shape index (κ1) is 9.62. The Labute approximate surface area is 63.7 Å². The van der Waals surface area contributed by atoms with Gasteiger partial charge >= 0.3 is 0 Å². The molecule has 10 heavy (non-hydrogen) atoms. The van der Waals surface area contributed by atoms with Gasteiger partial charge in [0.25, 0.3) is 0 Å². The third-order valence-electron chi connectivity index (χ3n) is 1.53. The van der Waals surface area contributed by atoms with Gasteiger partial charge in [-0.05, 0) is 0 Å². The fraction of sp³-hybridized carbons (Fsp3) is 0.800. The molecule has 60 valence electrons. The monoisotopic (exact) mass is 170 g/mol. The minimum absolute atomic E-state index is 0. The van der Waals surface area contributed by atoms with Crippen LogP contribution in [-0.2, 0) is 0 Å². The molecule has 1 aliphatic carbocycles. The first-order valence-corrected chi connectivity index (χ1v) is 2.73. The number of amidine groups is 1. The molecule has 0 saturated heterocycles. The van der Waals surface area contributed by atoms with Crippen LogP contribution in [-0.4, -0.2) is 11.8 Å². The molecule has 0 bridgehead atoms. The molecule has 0 heterocycles. The van der Waals surface area contributed by atoms with Gasteiger partial charge in [0.1, 0.15) is 0 Å². The Kier molecular flexibility index (Phi) is 2.60. The zero-order valence-corrected chi connectivity index (χ0v) is 6.05. The van der Waals surface area contributed by atoms with Crippen molar-refractivity contribution < 1.29 is 8.78 Å². The summed E-state index contributed by atoms with van der Waals surface area (Å²) in [5.41, 5.74) is 4.97. The van der Waals surface area contributed by atoms with Gasteiger partial charge in [0.15, 0.2) is 0 Å². The molecule has 5 heteroatoms. The highest BCUT2D eigenvalue weighted by Gasteiger charge is 2.46. The van der Waals surface area contributed by atoms with E-state index in [9.17, 15) is 8.78 Å². The maximum Gasteiger partial charge on any atom is 0.249 e. The Hall–Kier alpha value is -0.380. The minimum atomic E-state index is -2.55. The highest BCUT2D eigenvalue weighted by atomic mass is 35.5. The predicted molar refractivity (Wildman–Crippen MR) is 36.8 cm³/mol. The zero-order chi connectivity index (χ0) is 7.07. The lowest BCUT2D eigenvalue weighted by Gasteiger charge is -2.33. The van der Waals surface area contributed by atoms with Crippen LogP contribution in [0.2, 0.25) is 0 Å². The smallest absolute Gasteiger partial charge is 0.249 e. The quantitative estimate of drug-likeness (QED) is 0.454. The molecule has 0 unspecified atom stereocenters. The maximum absolute atomic E-state index is 12.0. The Morgan fingerprint density at radius 2 is 1.90 bits per heavy atom. The molecule has 0 amide bonds. The fourth-order valence-electron chi connectivity index (χ4n) is 0.881. The number of nitrogens with one attached hydrogen (secondary N) is 1. The molecule has 1 aliphatic rings. The topological polar surface area (TPSA) is 49.9 Å². The van der Waals surface area contributed by atoms with E-state index in [0.717, 1.165) is 0 Å². The number of halogens is 3. The van der Waals surface area contributed by atoms with Crippen molar-refractivity contribution >= 4 is 18.2 Å². The van der Waals surface area contributed by atoms with Gasteiger partial charge in [-0.1, -0.05) is 0 Å². The molecule has 0 aromatic rings. The van der Waals surface area contributed by atoms with Crippen LogP contribution in [0.4, 0.5) is 8.78 Å². The lowest BCUT2D eigenvalue weighted by atomic mass is 9.81. The number of rotatable bonds is 1. The third-order valence-corrected chi connectivity index (χ3v) is 1.53. The molecule has 3 N–H and O–H groups in total. The molecular weight excluding hydrogens is 162 g/mol. The molecule has 2 nitrogen and oxygen atoms in total. The van der Waals surface area contributed by atoms with Gasteiger partial charge in [0.2, 0.25) is 5.92 Å². The Bertz CT molecular complexity index is 141. The van der Waals surface area contributed by atoms with E-state index in [2.05, 4.69) is 0 Å². The van der Waals surface area contributed by atoms with Crippen molar-refractivity contribution in [2.75, 3.05) is 0 Å². The molecule has 1 fully saturated rings. The van der Waals surface area contributed by atoms with E-state index in [4.69, 9.17) is 11.1 Å². The van der Waals surface area contributed by atoms with Crippen LogP contribution in [0, 0.1) is 11.3 Å². The second-order valence-electron chi connectivity index (χ2n) is 2.42. The number of nitrogens with two attached hydrogens (primary N) is 1. The van der Waals surface area contributed by atoms with Crippen LogP contribution in [0.3, 0.4) is 0 Å². The molecular formula is C5H9ClF2N2. The Morgan fingerprint density at radius 3 is 2.00 bits per heavy atom. The minimum Gasteiger partial charge on any atom is -0.387 e. The average molecular weight is 171 g/mol. The number of alkyl halides is 2. The summed E-state index contributed by atoms with van der Waals surface area (Å²) < 4.78 is 24.0. The van der Waals surface area contributed by atoms with Crippen LogP contribution in [0.15, 0.2) is 0 Å². The van der Waals surface area contributed by atoms with Gasteiger partial charge < -0.3 is 5.73 Å². The molecule has 0 aromatic heterocycles. The van der Waals surface area contributed by atoms with Crippen molar-refractivity contribution in [1.82, 2.24) is 0 Å². The SMILES string of the molecule is Cl.N=C(N)C1CC(F)(F)C1. The van der Waals surface area contributed by atoms with Crippen LogP contribution >= 0.6 is 12.4 Å². The van der Waals surface area contributed by atoms with Crippen molar-refractivity contribution in [3.05, 3.63) is 0 Å². The van der Waals surface area contributed by atoms with Crippen molar-refractivity contribution in [3.63, 3.8) is 0 Å². The summed E-state index contributed by atoms with van der Waals surface area (Å²) in [7, 11) is 0. The van der Waals surface area contributed by atoms with Gasteiger partial charge in [0, 0.05) is 18.8 Å². The molecule has 0 aromatic carbocycles. The predicted octanol–water partition coefficient (Wildman–Crippen LogP) is 1.39. The average Bonchev–Trinajstić information content (AvgIpc) is 1.59. The summed E-state index contributed by atoms with van der Waals surface area (Å²) >= 11 is 0. The number of hydrogen-bond donors (Lipinski definition) is 2. The van der Waals surface area contributed by atoms with E-state index in [0.29, 0.717) is 0 Å². The van der Waals surface area contributed by atoms with Crippen LogP contribution in [0.5, 0.6) is 0 Å². The van der Waals surface area contributed by atoms with Crippen LogP contribution in [0.25, 0.3) is 0 Å². The molecule has 0 radical (unpaired) electrons. The summed E-state index contributed by atoms with van der Waals surface area (Å²) in [6.45, 7) is 0. The van der Waals surface area contributed by atoms with Gasteiger partial charge in [-0.2, -0.15) is 0 Å². The van der Waals surface area contributed by atoms with Gasteiger partial charge in [-0.25, -0.2) is 8.78 Å². The van der Waals surface area contributed by atoms with Crippen molar-refractivity contribution in [2.24, 2.45) is 11.7 Å². The molecule has 1 rings (SSSR count). The van der Waals surface area contributed by atoms with Gasteiger partial charge in [0.05, 0.1) is 5.84 Å². The van der Waals surface area contributed by atoms with E-state index < -0.39 is 5.92 Å². The van der Waals surface area contributed by atoms with Crippen molar-refractivity contribution in [3.8, 4) is 0 Å². The molecule has 0 atom stereocenters. The summed E-state index contributed by atoms with van der Waals surface area (Å²) in [4.78, 5) is 0. The third kappa shape index (κ3) is 1.80. The summed E-state index contributed by atoms with van der Waals surface area (Å²) in [5, 5.41) is 6.77. The van der Waals surface area contributed by atoms with E-state index in [1.54, 1.807) is 0 Å². The first-order chi connectivity index (χ1) is 4.01. The highest BCUT2D eigenvalue weighted by Crippen LogP contribution is 2.41. The fourth-order valence-corrected chi connectivity index (χ4v) is 0.881. The molecule has 0 aliphatic heterocycles. The molecule has 0 spiro atoms. The van der Waals surface area contributed by atoms with E-state index in [1.807, 2.05) is 0 Å². The largest absolute Gasteiger partial charge is 0.387 e. The zero-order valence-electron chi connectivity index (χ0n) is 5.23. The normalized spacial score (nSPS) is 22.6. The maximum atomic E-state index is 12.0. The van der Waals surface area contributed by atoms with E-state index >= 15 is 0 Å². The van der Waals surface area contributed by atoms with Crippen molar-refractivity contribution in [2.45, 2.75) is 18.8 Å². The second kappa shape index (κ2) is 2.70. The lowest BCUT2D eigenvalue weighted by molar-refractivity contribution is -0.0914. The summed E-state index contributed by atoms with van der Waals surface area (Å²) in [5.74, 6) is -3.02. The number of hydrogen-bond acceptors (Lipinski definition) is 1. The van der Waals surface area contributed by atoms with Crippen molar-refractivity contribution in [1.29, 1.82) is 5.41 Å². The standard InChI is InChI=1S/C5H8F2N2.ClH/c6-5(7)1-3(2-5)4(8)9;/h3H,1-2H2,(H3,8,9);1H. The summed E-state index contributed by atoms with van der Waals surface area (Å²) in [6, 6.07) is 0. The van der Waals surface area contributed by atoms with Crippen LogP contribution in [0.1, 0.15) is 12.8 Å². The lowest BCUT2D eigenvalue weighted by Crippen LogP contribution is -2.42. The van der Waals surface area contributed by atoms with E-state index in [1.165, 1.54) is 0 Å². The Balaban J connectivity index is 0.000000810. The van der Waals surface area contributed by atoms with Crippen LogP contribution < -0.4 is 5.73 Å². The van der Waals surface area contributed by atoms with Gasteiger partial charge in [-0.15, -0.1) is 12.4 Å². The highest BCUT2D eigenvalue weighted by molar-refractivity contribution is 5.85. The van der Waals surface area contributed by atoms with Gasteiger partial charge in [-0.3, -0.25) is 5.41 Å². The molecule has 1 saturated carbocycles. The van der Waals surface area contributed by atoms with E-state index in [-0.39, 0.29) is 37.0 Å². The Morgan fingerprint density at radius 1 is 1.50 bits per heavy atom. The first-order valence-electron chi connectivity index (χ1n) is 2.73. The second-order valence-corrected chi connectivity index (χ2v) is 2.42. The summed E-state index contributed by atoms with van der Waals surface area (Å²) in [6.07, 6.45) is -0.468.